The van der Waals surface area contributed by atoms with Gasteiger partial charge in [-0.25, -0.2) is 9.13 Å². The third-order valence-corrected chi connectivity index (χ3v) is 0. The Morgan fingerprint density at radius 2 is 0.692 bits per heavy atom. The van der Waals surface area contributed by atoms with Crippen LogP contribution >= 0.6 is 15.6 Å². The van der Waals surface area contributed by atoms with E-state index >= 15 is 0 Å². The molecule has 0 saturated heterocycles. The minimum Gasteiger partial charge on any atom is 0 e. The fourth-order valence-corrected chi connectivity index (χ4v) is 0. The summed E-state index contributed by atoms with van der Waals surface area (Å²) in [4.78, 5) is 43.1. The maximum atomic E-state index is 8.88. The summed E-state index contributed by atoms with van der Waals surface area (Å²) in [5.74, 6) is 0. The Labute approximate surface area is 111 Å². The van der Waals surface area contributed by atoms with Crippen molar-refractivity contribution < 1.29 is 60.2 Å². The van der Waals surface area contributed by atoms with Crippen molar-refractivity contribution in [1.29, 1.82) is 0 Å². The summed E-state index contributed by atoms with van der Waals surface area (Å²) in [6.07, 6.45) is 0. The molecule has 76 valence electrons. The van der Waals surface area contributed by atoms with E-state index in [-0.39, 0.29) is 57.9 Å². The topological polar surface area (TPSA) is 156 Å². The second-order valence-corrected chi connectivity index (χ2v) is 3.08. The molecule has 0 spiro atoms. The van der Waals surface area contributed by atoms with E-state index in [0.717, 1.165) is 0 Å². The van der Waals surface area contributed by atoms with Gasteiger partial charge in [0, 0.05) is 21.7 Å². The molecule has 0 aromatic carbocycles. The van der Waals surface area contributed by atoms with Gasteiger partial charge in [0.2, 0.25) is 0 Å². The van der Waals surface area contributed by atoms with Gasteiger partial charge in [-0.05, 0) is 0 Å². The quantitative estimate of drug-likeness (QED) is 0.196. The van der Waals surface area contributed by atoms with Crippen LogP contribution < -0.4 is 0 Å². The molecule has 0 amide bonds. The Morgan fingerprint density at radius 1 is 0.692 bits per heavy atom. The standard InChI is InChI=1S/Al.Li.2H3O4P.Ti.4H/c;;2*1-5(2,3)4;;;;;/h;;2*(H3,1,2,3,4);;;;;. The van der Waals surface area contributed by atoms with Gasteiger partial charge in [-0.2, -0.15) is 0 Å². The van der Waals surface area contributed by atoms with E-state index in [9.17, 15) is 0 Å². The maximum Gasteiger partial charge on any atom is 0 e. The fourth-order valence-electron chi connectivity index (χ4n) is 0. The fraction of sp³-hybridized carbons (Fsp3) is 0. The number of hydrogen-bond acceptors (Lipinski definition) is 2. The SMILES string of the molecule is O=P(O)(O)O.O=P(O)(O)O.[AlH3].[LiH].[Ti]. The van der Waals surface area contributed by atoms with Crippen molar-refractivity contribution in [3.8, 4) is 0 Å². The van der Waals surface area contributed by atoms with E-state index in [1.165, 1.54) is 0 Å². The molecule has 6 N–H and O–H groups in total. The van der Waals surface area contributed by atoms with E-state index < -0.39 is 15.6 Å². The Balaban J connectivity index is -0.0000000267. The average molecular weight is 282 g/mol. The molecule has 0 radical (unpaired) electrons. The number of rotatable bonds is 0. The van der Waals surface area contributed by atoms with Crippen LogP contribution in [-0.4, -0.2) is 65.6 Å². The Bertz CT molecular complexity index is 134. The molecule has 0 heterocycles. The predicted octanol–water partition coefficient (Wildman–Crippen LogP) is -3.69. The normalized spacial score (nSPS) is 9.08. The van der Waals surface area contributed by atoms with Gasteiger partial charge < -0.3 is 29.4 Å². The van der Waals surface area contributed by atoms with Crippen LogP contribution in [-0.2, 0) is 30.8 Å². The zero-order valence-electron chi connectivity index (χ0n) is 4.89. The van der Waals surface area contributed by atoms with Crippen LogP contribution in [0.15, 0.2) is 0 Å². The van der Waals surface area contributed by atoms with Crippen LogP contribution in [0.1, 0.15) is 0 Å². The summed E-state index contributed by atoms with van der Waals surface area (Å²) in [5, 5.41) is 0. The van der Waals surface area contributed by atoms with E-state index in [0.29, 0.717) is 0 Å². The molecule has 0 atom stereocenters. The van der Waals surface area contributed by atoms with Crippen molar-refractivity contribution in [2.75, 3.05) is 0 Å². The van der Waals surface area contributed by atoms with Gasteiger partial charge in [-0.1, -0.05) is 0 Å². The molecule has 0 aliphatic carbocycles. The van der Waals surface area contributed by atoms with E-state index in [4.69, 9.17) is 38.5 Å². The van der Waals surface area contributed by atoms with Gasteiger partial charge in [0.1, 0.15) is 0 Å². The van der Waals surface area contributed by atoms with Crippen LogP contribution in [0.3, 0.4) is 0 Å². The number of hydrogen-bond donors (Lipinski definition) is 6. The van der Waals surface area contributed by atoms with Crippen LogP contribution in [0.5, 0.6) is 0 Å². The van der Waals surface area contributed by atoms with Crippen molar-refractivity contribution in [3.63, 3.8) is 0 Å². The Hall–Kier alpha value is 2.06. The third kappa shape index (κ3) is 480. The molecule has 0 aliphatic rings. The zero-order valence-corrected chi connectivity index (χ0v) is 8.24. The van der Waals surface area contributed by atoms with Crippen LogP contribution in [0.2, 0.25) is 0 Å². The van der Waals surface area contributed by atoms with Gasteiger partial charge in [0.15, 0.2) is 17.4 Å². The maximum absolute atomic E-state index is 8.88. The summed E-state index contributed by atoms with van der Waals surface area (Å²) >= 11 is 0. The van der Waals surface area contributed by atoms with Gasteiger partial charge in [0.05, 0.1) is 0 Å². The molecule has 8 nitrogen and oxygen atoms in total. The second-order valence-electron chi connectivity index (χ2n) is 1.03. The Morgan fingerprint density at radius 3 is 0.692 bits per heavy atom. The largest absolute Gasteiger partial charge is 0 e. The summed E-state index contributed by atoms with van der Waals surface area (Å²) in [6, 6.07) is 0. The first kappa shape index (κ1) is 29.4. The van der Waals surface area contributed by atoms with Gasteiger partial charge in [-0.15, -0.1) is 0 Å². The van der Waals surface area contributed by atoms with E-state index in [2.05, 4.69) is 0 Å². The molecule has 0 bridgehead atoms. The molecule has 0 aromatic heterocycles. The summed E-state index contributed by atoms with van der Waals surface area (Å²) in [7, 11) is -9.28. The third-order valence-electron chi connectivity index (χ3n) is 0. The van der Waals surface area contributed by atoms with Crippen molar-refractivity contribution >= 4 is 51.9 Å². The minimum absolute atomic E-state index is 0. The van der Waals surface area contributed by atoms with E-state index in [1.54, 1.807) is 0 Å². The predicted molar refractivity (Wildman–Crippen MR) is 45.6 cm³/mol. The molecular weight excluding hydrogens is 272 g/mol. The Kier molecular flexibility index (Phi) is 27.5. The molecule has 0 rings (SSSR count). The van der Waals surface area contributed by atoms with Gasteiger partial charge in [-0.3, -0.25) is 0 Å². The molecule has 13 heteroatoms. The number of phosphoric acid groups is 2. The van der Waals surface area contributed by atoms with Crippen molar-refractivity contribution in [3.05, 3.63) is 0 Å². The summed E-state index contributed by atoms with van der Waals surface area (Å²) in [5.41, 5.74) is 0. The van der Waals surface area contributed by atoms with Crippen LogP contribution in [0.25, 0.3) is 0 Å². The minimum atomic E-state index is -4.64. The average Bonchev–Trinajstić information content (AvgIpc) is 1.12. The molecule has 13 heavy (non-hydrogen) atoms. The second kappa shape index (κ2) is 12.1. The molecule has 0 unspecified atom stereocenters. The van der Waals surface area contributed by atoms with Gasteiger partial charge >= 0.3 is 34.5 Å². The first-order valence-electron chi connectivity index (χ1n) is 1.57. The van der Waals surface area contributed by atoms with Gasteiger partial charge in [0.25, 0.3) is 0 Å². The van der Waals surface area contributed by atoms with Crippen LogP contribution in [0.4, 0.5) is 0 Å². The molecular formula is H10AlLiO8P2Ti. The monoisotopic (exact) mass is 282 g/mol. The van der Waals surface area contributed by atoms with E-state index in [1.807, 2.05) is 0 Å². The molecule has 0 fully saturated rings. The van der Waals surface area contributed by atoms with Crippen LogP contribution in [0, 0.1) is 0 Å². The molecule has 0 aromatic rings. The van der Waals surface area contributed by atoms with Crippen molar-refractivity contribution in [2.45, 2.75) is 0 Å². The first-order valence-corrected chi connectivity index (χ1v) is 4.70. The first-order chi connectivity index (χ1) is 4.00. The summed E-state index contributed by atoms with van der Waals surface area (Å²) < 4.78 is 17.8. The summed E-state index contributed by atoms with van der Waals surface area (Å²) in [6.45, 7) is 0. The zero-order chi connectivity index (χ0) is 9.00. The smallest absolute Gasteiger partial charge is 0 e. The van der Waals surface area contributed by atoms with Crippen molar-refractivity contribution in [2.24, 2.45) is 0 Å². The molecule has 0 aliphatic heterocycles. The van der Waals surface area contributed by atoms with Crippen molar-refractivity contribution in [1.82, 2.24) is 0 Å². The molecule has 0 saturated carbocycles.